The molecule has 0 N–H and O–H groups in total. The molecule has 1 atom stereocenters. The Labute approximate surface area is 181 Å². The first-order valence-corrected chi connectivity index (χ1v) is 10.7. The summed E-state index contributed by atoms with van der Waals surface area (Å²) in [6.45, 7) is 5.79. The van der Waals surface area contributed by atoms with Crippen LogP contribution in [0, 0.1) is 13.8 Å². The molecule has 6 nitrogen and oxygen atoms in total. The van der Waals surface area contributed by atoms with Crippen molar-refractivity contribution in [3.8, 4) is 11.3 Å². The van der Waals surface area contributed by atoms with Gasteiger partial charge in [0.25, 0.3) is 5.91 Å². The lowest BCUT2D eigenvalue weighted by atomic mass is 10.1. The average Bonchev–Trinajstić information content (AvgIpc) is 3.27. The van der Waals surface area contributed by atoms with Crippen LogP contribution in [0.3, 0.4) is 0 Å². The van der Waals surface area contributed by atoms with E-state index in [0.29, 0.717) is 10.8 Å². The highest BCUT2D eigenvalue weighted by molar-refractivity contribution is 9.10. The Morgan fingerprint density at radius 1 is 1.10 bits per heavy atom. The van der Waals surface area contributed by atoms with Gasteiger partial charge in [-0.05, 0) is 44.5 Å². The van der Waals surface area contributed by atoms with E-state index in [9.17, 15) is 4.79 Å². The van der Waals surface area contributed by atoms with Gasteiger partial charge >= 0.3 is 0 Å². The number of hydrogen-bond donors (Lipinski definition) is 0. The number of benzene rings is 2. The van der Waals surface area contributed by atoms with Crippen LogP contribution in [0.1, 0.15) is 18.1 Å². The Balaban J connectivity index is 1.55. The third-order valence-electron chi connectivity index (χ3n) is 4.54. The molecule has 146 valence electrons. The number of aryl methyl sites for hydroxylation is 2. The van der Waals surface area contributed by atoms with Gasteiger partial charge < -0.3 is 0 Å². The van der Waals surface area contributed by atoms with Gasteiger partial charge in [0.05, 0.1) is 17.1 Å². The highest BCUT2D eigenvalue weighted by Gasteiger charge is 2.36. The number of carbonyl (C=O) groups excluding carboxylic acids is 1. The van der Waals surface area contributed by atoms with Crippen LogP contribution < -0.4 is 5.01 Å². The highest BCUT2D eigenvalue weighted by Crippen LogP contribution is 2.31. The fourth-order valence-corrected chi connectivity index (χ4v) is 4.03. The van der Waals surface area contributed by atoms with Crippen LogP contribution in [0.2, 0.25) is 0 Å². The molecule has 0 spiro atoms. The largest absolute Gasteiger partial charge is 0.282 e. The Bertz CT molecular complexity index is 1140. The van der Waals surface area contributed by atoms with Crippen molar-refractivity contribution < 1.29 is 4.79 Å². The molecule has 2 heterocycles. The molecule has 1 aliphatic rings. The van der Waals surface area contributed by atoms with E-state index < -0.39 is 6.04 Å². The summed E-state index contributed by atoms with van der Waals surface area (Å²) in [6.07, 6.45) is 0. The second-order valence-electron chi connectivity index (χ2n) is 6.82. The number of nitrogens with zero attached hydrogens (tertiary/aromatic N) is 5. The topological polar surface area (TPSA) is 70.3 Å². The van der Waals surface area contributed by atoms with Gasteiger partial charge in [0.2, 0.25) is 5.13 Å². The van der Waals surface area contributed by atoms with Crippen molar-refractivity contribution in [2.75, 3.05) is 5.01 Å². The molecule has 0 unspecified atom stereocenters. The van der Waals surface area contributed by atoms with E-state index in [2.05, 4.69) is 36.2 Å². The summed E-state index contributed by atoms with van der Waals surface area (Å²) >= 11 is 4.80. The van der Waals surface area contributed by atoms with E-state index in [0.717, 1.165) is 32.5 Å². The van der Waals surface area contributed by atoms with Crippen molar-refractivity contribution in [2.45, 2.75) is 26.8 Å². The molecular formula is C21H18BrN5OS. The van der Waals surface area contributed by atoms with Crippen molar-refractivity contribution in [1.82, 2.24) is 4.98 Å². The first-order chi connectivity index (χ1) is 13.9. The Morgan fingerprint density at radius 3 is 2.59 bits per heavy atom. The van der Waals surface area contributed by atoms with Crippen molar-refractivity contribution in [1.29, 1.82) is 0 Å². The molecular weight excluding hydrogens is 450 g/mol. The summed E-state index contributed by atoms with van der Waals surface area (Å²) in [5.41, 5.74) is 5.32. The van der Waals surface area contributed by atoms with Gasteiger partial charge in [0.15, 0.2) is 6.04 Å². The van der Waals surface area contributed by atoms with Crippen LogP contribution in [0.25, 0.3) is 11.3 Å². The third kappa shape index (κ3) is 4.04. The molecule has 0 radical (unpaired) electrons. The summed E-state index contributed by atoms with van der Waals surface area (Å²) in [5.74, 6) is -0.243. The molecule has 0 saturated heterocycles. The molecule has 0 fully saturated rings. The SMILES string of the molecule is CC1=NN(c2nc(-c3ccc(Br)cc3)cs2)C(=O)[C@H]1N=Nc1ccc(C)cc1C. The molecule has 1 aromatic heterocycles. The van der Waals surface area contributed by atoms with Gasteiger partial charge in [-0.25, -0.2) is 4.98 Å². The zero-order chi connectivity index (χ0) is 20.5. The molecule has 29 heavy (non-hydrogen) atoms. The molecule has 1 amide bonds. The number of rotatable bonds is 4. The number of carbonyl (C=O) groups is 1. The fourth-order valence-electron chi connectivity index (χ4n) is 2.98. The van der Waals surface area contributed by atoms with Gasteiger partial charge in [-0.3, -0.25) is 4.79 Å². The Hall–Kier alpha value is -2.71. The minimum absolute atomic E-state index is 0.243. The first kappa shape index (κ1) is 19.6. The van der Waals surface area contributed by atoms with Gasteiger partial charge in [-0.1, -0.05) is 45.8 Å². The van der Waals surface area contributed by atoms with Crippen molar-refractivity contribution in [3.63, 3.8) is 0 Å². The number of amides is 1. The number of aromatic nitrogens is 1. The summed E-state index contributed by atoms with van der Waals surface area (Å²) < 4.78 is 1.00. The Kier molecular flexibility index (Phi) is 5.38. The number of thiazole rings is 1. The standard InChI is InChI=1S/C21H18BrN5OS/c1-12-4-9-17(13(2)10-12)24-25-19-14(3)26-27(20(19)28)21-23-18(11-29-21)15-5-7-16(22)8-6-15/h4-11,19H,1-3H3/t19-/m0/s1. The maximum Gasteiger partial charge on any atom is 0.282 e. The maximum atomic E-state index is 12.9. The smallest absolute Gasteiger partial charge is 0.269 e. The van der Waals surface area contributed by atoms with Crippen molar-refractivity contribution in [2.24, 2.45) is 15.3 Å². The number of anilines is 1. The number of halogens is 1. The molecule has 8 heteroatoms. The lowest BCUT2D eigenvalue weighted by Crippen LogP contribution is -2.29. The molecule has 0 aliphatic carbocycles. The number of hydrogen-bond acceptors (Lipinski definition) is 6. The molecule has 1 aliphatic heterocycles. The van der Waals surface area contributed by atoms with Gasteiger partial charge in [0.1, 0.15) is 0 Å². The number of azo groups is 1. The van der Waals surface area contributed by atoms with Gasteiger partial charge in [-0.2, -0.15) is 20.3 Å². The van der Waals surface area contributed by atoms with Crippen LogP contribution >= 0.6 is 27.3 Å². The summed E-state index contributed by atoms with van der Waals surface area (Å²) in [7, 11) is 0. The fraction of sp³-hybridized carbons (Fsp3) is 0.190. The molecule has 3 aromatic rings. The maximum absolute atomic E-state index is 12.9. The molecule has 4 rings (SSSR count). The van der Waals surface area contributed by atoms with Crippen molar-refractivity contribution >= 4 is 49.7 Å². The van der Waals surface area contributed by atoms with Crippen molar-refractivity contribution in [3.05, 3.63) is 63.4 Å². The monoisotopic (exact) mass is 467 g/mol. The third-order valence-corrected chi connectivity index (χ3v) is 5.89. The van der Waals surface area contributed by atoms with Crippen LogP contribution in [-0.2, 0) is 4.79 Å². The molecule has 0 saturated carbocycles. The second kappa shape index (κ2) is 7.96. The molecule has 0 bridgehead atoms. The summed E-state index contributed by atoms with van der Waals surface area (Å²) in [4.78, 5) is 17.5. The average molecular weight is 468 g/mol. The molecule has 2 aromatic carbocycles. The summed E-state index contributed by atoms with van der Waals surface area (Å²) in [6, 6.07) is 13.1. The van der Waals surface area contributed by atoms with Crippen LogP contribution in [0.4, 0.5) is 10.8 Å². The van der Waals surface area contributed by atoms with Gasteiger partial charge in [-0.15, -0.1) is 11.3 Å². The highest BCUT2D eigenvalue weighted by atomic mass is 79.9. The predicted molar refractivity (Wildman–Crippen MR) is 120 cm³/mol. The normalized spacial score (nSPS) is 16.7. The lowest BCUT2D eigenvalue weighted by Gasteiger charge is -2.08. The van der Waals surface area contributed by atoms with E-state index in [4.69, 9.17) is 0 Å². The minimum atomic E-state index is -0.726. The summed E-state index contributed by atoms with van der Waals surface area (Å²) in [5, 5.41) is 16.7. The zero-order valence-electron chi connectivity index (χ0n) is 16.1. The van der Waals surface area contributed by atoms with E-state index in [1.807, 2.05) is 61.7 Å². The first-order valence-electron chi connectivity index (χ1n) is 9.01. The van der Waals surface area contributed by atoms with Crippen LogP contribution in [0.15, 0.2) is 67.6 Å². The van der Waals surface area contributed by atoms with Crippen LogP contribution in [-0.4, -0.2) is 22.6 Å². The lowest BCUT2D eigenvalue weighted by molar-refractivity contribution is -0.117. The van der Waals surface area contributed by atoms with E-state index in [-0.39, 0.29) is 5.91 Å². The second-order valence-corrected chi connectivity index (χ2v) is 8.57. The zero-order valence-corrected chi connectivity index (χ0v) is 18.5. The van der Waals surface area contributed by atoms with E-state index in [1.165, 1.54) is 16.3 Å². The minimum Gasteiger partial charge on any atom is -0.269 e. The Morgan fingerprint density at radius 2 is 1.86 bits per heavy atom. The van der Waals surface area contributed by atoms with Crippen LogP contribution in [0.5, 0.6) is 0 Å². The quantitative estimate of drug-likeness (QED) is 0.437. The van der Waals surface area contributed by atoms with E-state index >= 15 is 0 Å². The number of hydrazone groups is 1. The van der Waals surface area contributed by atoms with E-state index in [1.54, 1.807) is 6.92 Å². The predicted octanol–water partition coefficient (Wildman–Crippen LogP) is 6.06. The van der Waals surface area contributed by atoms with Gasteiger partial charge in [0, 0.05) is 15.4 Å².